The standard InChI is InChI=1S/C25H28N6OS/c1-16(2)11-23-28-29-30-31(23)22-14-20(19-7-5-17(3)6-8-19)13-21(15-22)25(32)27-18(4)12-24-26-9-10-33-24/h5-10,13-16,18H,11-12H2,1-4H3,(H,27,32). The Morgan fingerprint density at radius 3 is 2.55 bits per heavy atom. The van der Waals surface area contributed by atoms with Crippen molar-refractivity contribution in [2.75, 3.05) is 0 Å². The van der Waals surface area contributed by atoms with Crippen molar-refractivity contribution in [1.29, 1.82) is 0 Å². The molecular formula is C25H28N6OS. The molecule has 0 radical (unpaired) electrons. The van der Waals surface area contributed by atoms with E-state index in [9.17, 15) is 4.79 Å². The van der Waals surface area contributed by atoms with Crippen LogP contribution >= 0.6 is 11.3 Å². The number of aromatic nitrogens is 5. The second kappa shape index (κ2) is 10.0. The lowest BCUT2D eigenvalue weighted by molar-refractivity contribution is 0.0940. The molecule has 4 aromatic rings. The summed E-state index contributed by atoms with van der Waals surface area (Å²) < 4.78 is 1.73. The van der Waals surface area contributed by atoms with Gasteiger partial charge < -0.3 is 5.32 Å². The number of nitrogens with one attached hydrogen (secondary N) is 1. The zero-order chi connectivity index (χ0) is 23.4. The number of hydrogen-bond acceptors (Lipinski definition) is 6. The van der Waals surface area contributed by atoms with Crippen LogP contribution in [0.5, 0.6) is 0 Å². The monoisotopic (exact) mass is 460 g/mol. The molecule has 0 saturated carbocycles. The van der Waals surface area contributed by atoms with Crippen molar-refractivity contribution in [1.82, 2.24) is 30.5 Å². The molecule has 1 amide bonds. The van der Waals surface area contributed by atoms with E-state index in [4.69, 9.17) is 0 Å². The van der Waals surface area contributed by atoms with Crippen LogP contribution in [0.4, 0.5) is 0 Å². The number of tetrazole rings is 1. The molecule has 2 aromatic heterocycles. The van der Waals surface area contributed by atoms with E-state index in [0.717, 1.165) is 34.1 Å². The normalized spacial score (nSPS) is 12.2. The molecule has 2 aromatic carbocycles. The highest BCUT2D eigenvalue weighted by Crippen LogP contribution is 2.25. The first-order chi connectivity index (χ1) is 15.9. The van der Waals surface area contributed by atoms with Crippen LogP contribution in [-0.2, 0) is 12.8 Å². The fourth-order valence-corrected chi connectivity index (χ4v) is 4.40. The van der Waals surface area contributed by atoms with Crippen LogP contribution in [0, 0.1) is 12.8 Å². The summed E-state index contributed by atoms with van der Waals surface area (Å²) in [6.45, 7) is 8.31. The Morgan fingerprint density at radius 2 is 1.85 bits per heavy atom. The lowest BCUT2D eigenvalue weighted by atomic mass is 10.00. The smallest absolute Gasteiger partial charge is 0.251 e. The van der Waals surface area contributed by atoms with Gasteiger partial charge in [0.1, 0.15) is 0 Å². The lowest BCUT2D eigenvalue weighted by Crippen LogP contribution is -2.34. The minimum Gasteiger partial charge on any atom is -0.349 e. The fraction of sp³-hybridized carbons (Fsp3) is 0.320. The van der Waals surface area contributed by atoms with Gasteiger partial charge in [-0.3, -0.25) is 4.79 Å². The van der Waals surface area contributed by atoms with Gasteiger partial charge in [0.25, 0.3) is 5.91 Å². The van der Waals surface area contributed by atoms with Gasteiger partial charge in [0, 0.05) is 36.0 Å². The summed E-state index contributed by atoms with van der Waals surface area (Å²) in [6, 6.07) is 14.0. The van der Waals surface area contributed by atoms with Gasteiger partial charge in [-0.05, 0) is 59.5 Å². The highest BCUT2D eigenvalue weighted by Gasteiger charge is 2.17. The van der Waals surface area contributed by atoms with Crippen LogP contribution in [0.3, 0.4) is 0 Å². The van der Waals surface area contributed by atoms with E-state index in [1.165, 1.54) is 5.56 Å². The van der Waals surface area contributed by atoms with Crippen molar-refractivity contribution in [2.24, 2.45) is 5.92 Å². The van der Waals surface area contributed by atoms with Crippen LogP contribution in [0.15, 0.2) is 54.0 Å². The maximum atomic E-state index is 13.2. The Hall–Kier alpha value is -3.39. The van der Waals surface area contributed by atoms with Gasteiger partial charge in [-0.2, -0.15) is 4.68 Å². The lowest BCUT2D eigenvalue weighted by Gasteiger charge is -2.15. The summed E-state index contributed by atoms with van der Waals surface area (Å²) in [5.41, 5.74) is 4.50. The number of aryl methyl sites for hydroxylation is 1. The third-order valence-corrected chi connectivity index (χ3v) is 6.08. The summed E-state index contributed by atoms with van der Waals surface area (Å²) in [5.74, 6) is 1.05. The molecule has 1 unspecified atom stereocenters. The van der Waals surface area contributed by atoms with Crippen LogP contribution in [0.2, 0.25) is 0 Å². The highest BCUT2D eigenvalue weighted by atomic mass is 32.1. The Bertz CT molecular complexity index is 1210. The van der Waals surface area contributed by atoms with Gasteiger partial charge in [-0.15, -0.1) is 16.4 Å². The zero-order valence-electron chi connectivity index (χ0n) is 19.3. The predicted molar refractivity (Wildman–Crippen MR) is 131 cm³/mol. The van der Waals surface area contributed by atoms with Crippen LogP contribution in [0.1, 0.15) is 47.5 Å². The number of benzene rings is 2. The maximum Gasteiger partial charge on any atom is 0.251 e. The van der Waals surface area contributed by atoms with E-state index in [1.54, 1.807) is 22.2 Å². The van der Waals surface area contributed by atoms with Crippen molar-refractivity contribution in [3.8, 4) is 16.8 Å². The van der Waals surface area contributed by atoms with Crippen molar-refractivity contribution >= 4 is 17.2 Å². The largest absolute Gasteiger partial charge is 0.349 e. The summed E-state index contributed by atoms with van der Waals surface area (Å²) in [4.78, 5) is 17.5. The molecule has 4 rings (SSSR count). The van der Waals surface area contributed by atoms with Crippen molar-refractivity contribution in [3.63, 3.8) is 0 Å². The zero-order valence-corrected chi connectivity index (χ0v) is 20.1. The number of carbonyl (C=O) groups is 1. The van der Waals surface area contributed by atoms with Gasteiger partial charge >= 0.3 is 0 Å². The van der Waals surface area contributed by atoms with Crippen LogP contribution < -0.4 is 5.32 Å². The minimum atomic E-state index is -0.132. The molecule has 0 spiro atoms. The topological polar surface area (TPSA) is 85.6 Å². The van der Waals surface area contributed by atoms with E-state index in [-0.39, 0.29) is 11.9 Å². The van der Waals surface area contributed by atoms with Crippen LogP contribution in [-0.4, -0.2) is 37.1 Å². The molecule has 0 aliphatic rings. The van der Waals surface area contributed by atoms with E-state index in [1.807, 2.05) is 30.5 Å². The Balaban J connectivity index is 1.69. The first kappa shape index (κ1) is 22.8. The Morgan fingerprint density at radius 1 is 1.06 bits per heavy atom. The van der Waals surface area contributed by atoms with Crippen LogP contribution in [0.25, 0.3) is 16.8 Å². The summed E-state index contributed by atoms with van der Waals surface area (Å²) >= 11 is 1.59. The number of thiazole rings is 1. The van der Waals surface area contributed by atoms with E-state index < -0.39 is 0 Å². The van der Waals surface area contributed by atoms with Crippen molar-refractivity contribution < 1.29 is 4.79 Å². The van der Waals surface area contributed by atoms with Crippen molar-refractivity contribution in [3.05, 3.63) is 76.0 Å². The number of nitrogens with zero attached hydrogens (tertiary/aromatic N) is 5. The van der Waals surface area contributed by atoms with Gasteiger partial charge in [0.2, 0.25) is 0 Å². The quantitative estimate of drug-likeness (QED) is 0.414. The molecule has 0 aliphatic heterocycles. The molecule has 1 atom stereocenters. The SMILES string of the molecule is Cc1ccc(-c2cc(C(=O)NC(C)Cc3nccs3)cc(-n3nnnc3CC(C)C)c2)cc1. The van der Waals surface area contributed by atoms with E-state index in [0.29, 0.717) is 17.9 Å². The number of rotatable bonds is 8. The van der Waals surface area contributed by atoms with Gasteiger partial charge in [0.15, 0.2) is 5.82 Å². The minimum absolute atomic E-state index is 0.0420. The molecule has 0 fully saturated rings. The Labute approximate surface area is 197 Å². The molecular weight excluding hydrogens is 432 g/mol. The molecule has 0 bridgehead atoms. The molecule has 0 aliphatic carbocycles. The second-order valence-corrected chi connectivity index (χ2v) is 9.72. The number of amides is 1. The molecule has 170 valence electrons. The number of hydrogen-bond donors (Lipinski definition) is 1. The second-order valence-electron chi connectivity index (χ2n) is 8.74. The predicted octanol–water partition coefficient (Wildman–Crippen LogP) is 4.65. The summed E-state index contributed by atoms with van der Waals surface area (Å²) in [6.07, 6.45) is 3.22. The van der Waals surface area contributed by atoms with Gasteiger partial charge in [-0.1, -0.05) is 43.7 Å². The van der Waals surface area contributed by atoms with E-state index >= 15 is 0 Å². The molecule has 33 heavy (non-hydrogen) atoms. The molecule has 2 heterocycles. The molecule has 7 nitrogen and oxygen atoms in total. The third kappa shape index (κ3) is 5.70. The fourth-order valence-electron chi connectivity index (χ4n) is 3.65. The maximum absolute atomic E-state index is 13.2. The average Bonchev–Trinajstić information content (AvgIpc) is 3.45. The van der Waals surface area contributed by atoms with E-state index in [2.05, 4.69) is 70.9 Å². The summed E-state index contributed by atoms with van der Waals surface area (Å²) in [7, 11) is 0. The Kier molecular flexibility index (Phi) is 6.93. The molecule has 8 heteroatoms. The van der Waals surface area contributed by atoms with Gasteiger partial charge in [-0.25, -0.2) is 4.98 Å². The molecule has 1 N–H and O–H groups in total. The average molecular weight is 461 g/mol. The number of carbonyl (C=O) groups excluding carboxylic acids is 1. The first-order valence-corrected chi connectivity index (χ1v) is 12.0. The third-order valence-electron chi connectivity index (χ3n) is 5.28. The molecule has 0 saturated heterocycles. The van der Waals surface area contributed by atoms with Gasteiger partial charge in [0.05, 0.1) is 10.7 Å². The van der Waals surface area contributed by atoms with Crippen molar-refractivity contribution in [2.45, 2.75) is 46.6 Å². The highest BCUT2D eigenvalue weighted by molar-refractivity contribution is 7.09. The summed E-state index contributed by atoms with van der Waals surface area (Å²) in [5, 5.41) is 18.4. The first-order valence-electron chi connectivity index (χ1n) is 11.1.